The van der Waals surface area contributed by atoms with Crippen molar-refractivity contribution in [3.63, 3.8) is 0 Å². The molecule has 0 aliphatic carbocycles. The maximum Gasteiger partial charge on any atom is 0.410 e. The van der Waals surface area contributed by atoms with Gasteiger partial charge < -0.3 is 4.74 Å². The number of hydrogen-bond acceptors (Lipinski definition) is 3. The summed E-state index contributed by atoms with van der Waals surface area (Å²) in [4.78, 5) is 24.5. The van der Waals surface area contributed by atoms with E-state index in [4.69, 9.17) is 4.74 Å². The molecular formula is C12H13NO3. The summed E-state index contributed by atoms with van der Waals surface area (Å²) < 4.78 is 4.85. The number of nitrogens with zero attached hydrogens (tertiary/aromatic N) is 1. The third-order valence-corrected chi connectivity index (χ3v) is 2.60. The van der Waals surface area contributed by atoms with Gasteiger partial charge in [-0.2, -0.15) is 0 Å². The van der Waals surface area contributed by atoms with Crippen LogP contribution in [0.1, 0.15) is 18.5 Å². The first-order chi connectivity index (χ1) is 7.70. The summed E-state index contributed by atoms with van der Waals surface area (Å²) in [5.74, 6) is -0.0509. The highest BCUT2D eigenvalue weighted by molar-refractivity contribution is 5.87. The number of ether oxygens (including phenoxy) is 1. The van der Waals surface area contributed by atoms with Crippen molar-refractivity contribution in [2.45, 2.75) is 13.0 Å². The fourth-order valence-corrected chi connectivity index (χ4v) is 1.91. The van der Waals surface area contributed by atoms with Gasteiger partial charge in [-0.3, -0.25) is 9.69 Å². The molecule has 1 aliphatic heterocycles. The molecule has 1 unspecified atom stereocenters. The van der Waals surface area contributed by atoms with E-state index in [2.05, 4.69) is 0 Å². The largest absolute Gasteiger partial charge is 0.448 e. The first kappa shape index (κ1) is 10.7. The highest BCUT2D eigenvalue weighted by Gasteiger charge is 2.33. The second-order valence-electron chi connectivity index (χ2n) is 3.73. The topological polar surface area (TPSA) is 46.6 Å². The molecule has 84 valence electrons. The van der Waals surface area contributed by atoms with Crippen LogP contribution in [0.4, 0.5) is 4.79 Å². The summed E-state index contributed by atoms with van der Waals surface area (Å²) in [6.45, 7) is 2.32. The van der Waals surface area contributed by atoms with Crippen molar-refractivity contribution < 1.29 is 14.3 Å². The van der Waals surface area contributed by atoms with Crippen molar-refractivity contribution in [1.29, 1.82) is 0 Å². The summed E-state index contributed by atoms with van der Waals surface area (Å²) in [7, 11) is 0. The molecule has 1 aromatic carbocycles. The fourth-order valence-electron chi connectivity index (χ4n) is 1.91. The molecule has 1 saturated heterocycles. The summed E-state index contributed by atoms with van der Waals surface area (Å²) in [6, 6.07) is 8.76. The van der Waals surface area contributed by atoms with Crippen molar-refractivity contribution in [2.75, 3.05) is 13.2 Å². The van der Waals surface area contributed by atoms with Crippen molar-refractivity contribution in [1.82, 2.24) is 4.90 Å². The highest BCUT2D eigenvalue weighted by atomic mass is 16.6. The van der Waals surface area contributed by atoms with E-state index in [1.807, 2.05) is 30.3 Å². The Kier molecular flexibility index (Phi) is 2.90. The van der Waals surface area contributed by atoms with Gasteiger partial charge in [0.1, 0.15) is 12.6 Å². The zero-order chi connectivity index (χ0) is 11.5. The molecule has 1 fully saturated rings. The lowest BCUT2D eigenvalue weighted by atomic mass is 10.0. The van der Waals surface area contributed by atoms with Gasteiger partial charge in [0.2, 0.25) is 0 Å². The predicted molar refractivity (Wildman–Crippen MR) is 57.9 cm³/mol. The number of ketones is 1. The standard InChI is InChI=1S/C12H13NO3/c1-9(14)11(10-5-3-2-4-6-10)13-7-8-16-12(13)15/h2-6,11H,7-8H2,1H3. The molecule has 1 aliphatic rings. The molecule has 16 heavy (non-hydrogen) atoms. The van der Waals surface area contributed by atoms with Gasteiger partial charge in [-0.15, -0.1) is 0 Å². The molecule has 0 saturated carbocycles. The van der Waals surface area contributed by atoms with Gasteiger partial charge in [-0.1, -0.05) is 30.3 Å². The van der Waals surface area contributed by atoms with Crippen LogP contribution in [0.2, 0.25) is 0 Å². The Labute approximate surface area is 93.8 Å². The van der Waals surface area contributed by atoms with E-state index in [1.54, 1.807) is 0 Å². The summed E-state index contributed by atoms with van der Waals surface area (Å²) >= 11 is 0. The Hall–Kier alpha value is -1.84. The first-order valence-corrected chi connectivity index (χ1v) is 5.19. The lowest BCUT2D eigenvalue weighted by Crippen LogP contribution is -2.33. The fraction of sp³-hybridized carbons (Fsp3) is 0.333. The molecule has 4 nitrogen and oxygen atoms in total. The number of benzene rings is 1. The maximum atomic E-state index is 11.6. The highest BCUT2D eigenvalue weighted by Crippen LogP contribution is 2.24. The molecule has 1 heterocycles. The molecule has 1 atom stereocenters. The Morgan fingerprint density at radius 3 is 2.56 bits per heavy atom. The van der Waals surface area contributed by atoms with Crippen LogP contribution >= 0.6 is 0 Å². The Morgan fingerprint density at radius 2 is 2.06 bits per heavy atom. The number of cyclic esters (lactones) is 1. The molecule has 4 heteroatoms. The normalized spacial score (nSPS) is 17.1. The van der Waals surface area contributed by atoms with Gasteiger partial charge in [0.15, 0.2) is 5.78 Å². The summed E-state index contributed by atoms with van der Waals surface area (Å²) in [5, 5.41) is 0. The quantitative estimate of drug-likeness (QED) is 0.778. The smallest absolute Gasteiger partial charge is 0.410 e. The number of carbonyl (C=O) groups is 2. The number of carbonyl (C=O) groups excluding carboxylic acids is 2. The van der Waals surface area contributed by atoms with Crippen molar-refractivity contribution in [3.05, 3.63) is 35.9 Å². The lowest BCUT2D eigenvalue weighted by Gasteiger charge is -2.23. The summed E-state index contributed by atoms with van der Waals surface area (Å²) in [6.07, 6.45) is -0.413. The van der Waals surface area contributed by atoms with Gasteiger partial charge >= 0.3 is 6.09 Å². The number of Topliss-reactive ketones (excluding diaryl/α,β-unsaturated/α-hetero) is 1. The van der Waals surface area contributed by atoms with Crippen molar-refractivity contribution >= 4 is 11.9 Å². The van der Waals surface area contributed by atoms with Gasteiger partial charge in [0.25, 0.3) is 0 Å². The van der Waals surface area contributed by atoms with Gasteiger partial charge in [0, 0.05) is 0 Å². The third kappa shape index (κ3) is 1.91. The van der Waals surface area contributed by atoms with Crippen molar-refractivity contribution in [3.8, 4) is 0 Å². The molecule has 2 rings (SSSR count). The SMILES string of the molecule is CC(=O)C(c1ccccc1)N1CCOC1=O. The Bertz CT molecular complexity index is 402. The predicted octanol–water partition coefficient (Wildman–Crippen LogP) is 1.77. The molecule has 0 bridgehead atoms. The van der Waals surface area contributed by atoms with E-state index >= 15 is 0 Å². The molecule has 0 spiro atoms. The monoisotopic (exact) mass is 219 g/mol. The van der Waals surface area contributed by atoms with Crippen LogP contribution < -0.4 is 0 Å². The number of hydrogen-bond donors (Lipinski definition) is 0. The van der Waals surface area contributed by atoms with Crippen LogP contribution in [0, 0.1) is 0 Å². The average molecular weight is 219 g/mol. The number of rotatable bonds is 3. The molecular weight excluding hydrogens is 206 g/mol. The van der Waals surface area contributed by atoms with Crippen LogP contribution in [-0.2, 0) is 9.53 Å². The van der Waals surface area contributed by atoms with Crippen LogP contribution in [0.3, 0.4) is 0 Å². The van der Waals surface area contributed by atoms with E-state index in [-0.39, 0.29) is 5.78 Å². The van der Waals surface area contributed by atoms with Crippen LogP contribution in [0.25, 0.3) is 0 Å². The van der Waals surface area contributed by atoms with E-state index in [1.165, 1.54) is 11.8 Å². The second kappa shape index (κ2) is 4.35. The minimum atomic E-state index is -0.517. The van der Waals surface area contributed by atoms with E-state index in [0.29, 0.717) is 13.2 Å². The van der Waals surface area contributed by atoms with Gasteiger partial charge in [-0.05, 0) is 12.5 Å². The Morgan fingerprint density at radius 1 is 1.38 bits per heavy atom. The number of amides is 1. The zero-order valence-electron chi connectivity index (χ0n) is 9.05. The van der Waals surface area contributed by atoms with Crippen LogP contribution in [0.15, 0.2) is 30.3 Å². The minimum absolute atomic E-state index is 0.0509. The van der Waals surface area contributed by atoms with Gasteiger partial charge in [0.05, 0.1) is 6.54 Å². The molecule has 1 aromatic rings. The van der Waals surface area contributed by atoms with E-state index in [0.717, 1.165) is 5.56 Å². The maximum absolute atomic E-state index is 11.6. The van der Waals surface area contributed by atoms with Crippen LogP contribution in [-0.4, -0.2) is 29.9 Å². The minimum Gasteiger partial charge on any atom is -0.448 e. The molecule has 0 aromatic heterocycles. The third-order valence-electron chi connectivity index (χ3n) is 2.60. The lowest BCUT2D eigenvalue weighted by molar-refractivity contribution is -0.121. The Balaban J connectivity index is 2.31. The molecule has 0 radical (unpaired) electrons. The average Bonchev–Trinajstić information content (AvgIpc) is 2.66. The summed E-state index contributed by atoms with van der Waals surface area (Å²) in [5.41, 5.74) is 0.828. The first-order valence-electron chi connectivity index (χ1n) is 5.19. The molecule has 1 amide bonds. The van der Waals surface area contributed by atoms with E-state index in [9.17, 15) is 9.59 Å². The molecule has 0 N–H and O–H groups in total. The van der Waals surface area contributed by atoms with Crippen molar-refractivity contribution in [2.24, 2.45) is 0 Å². The second-order valence-corrected chi connectivity index (χ2v) is 3.73. The van der Waals surface area contributed by atoms with Crippen LogP contribution in [0.5, 0.6) is 0 Å². The van der Waals surface area contributed by atoms with Gasteiger partial charge in [-0.25, -0.2) is 4.79 Å². The van der Waals surface area contributed by atoms with E-state index < -0.39 is 12.1 Å². The zero-order valence-corrected chi connectivity index (χ0v) is 9.05.